The second-order valence-electron chi connectivity index (χ2n) is 4.85. The number of furan rings is 1. The van der Waals surface area contributed by atoms with Crippen molar-refractivity contribution in [3.8, 4) is 11.4 Å². The average Bonchev–Trinajstić information content (AvgIpc) is 3.11. The van der Waals surface area contributed by atoms with Gasteiger partial charge in [-0.2, -0.15) is 15.0 Å². The van der Waals surface area contributed by atoms with Crippen molar-refractivity contribution in [3.05, 3.63) is 36.6 Å². The zero-order chi connectivity index (χ0) is 17.1. The monoisotopic (exact) mass is 344 g/mol. The summed E-state index contributed by atoms with van der Waals surface area (Å²) in [5, 5.41) is 9.22. The first kappa shape index (κ1) is 16.0. The molecular weight excluding hydrogens is 328 g/mol. The van der Waals surface area contributed by atoms with Crippen LogP contribution in [0.2, 0.25) is 0 Å². The molecule has 0 saturated carbocycles. The largest absolute Gasteiger partial charge is 0.469 e. The highest BCUT2D eigenvalue weighted by Crippen LogP contribution is 2.28. The molecule has 24 heavy (non-hydrogen) atoms. The number of nitrogen functional groups attached to an aromatic ring is 2. The lowest BCUT2D eigenvalue weighted by molar-refractivity contribution is 0.534. The highest BCUT2D eigenvalue weighted by atomic mass is 32.2. The van der Waals surface area contributed by atoms with Crippen molar-refractivity contribution in [2.24, 2.45) is 0 Å². The fraction of sp³-hybridized carbons (Fsp3) is 0.214. The summed E-state index contributed by atoms with van der Waals surface area (Å²) in [4.78, 5) is 11.9. The number of aromatic nitrogens is 6. The van der Waals surface area contributed by atoms with Crippen LogP contribution in [0.4, 0.5) is 11.9 Å². The fourth-order valence-corrected chi connectivity index (χ4v) is 2.96. The summed E-state index contributed by atoms with van der Waals surface area (Å²) in [6.07, 6.45) is 3.41. The molecule has 0 saturated heterocycles. The van der Waals surface area contributed by atoms with E-state index in [0.717, 1.165) is 17.1 Å². The Morgan fingerprint density at radius 1 is 1.25 bits per heavy atom. The molecule has 0 aliphatic rings. The maximum atomic E-state index is 5.58. The van der Waals surface area contributed by atoms with Gasteiger partial charge in [0.15, 0.2) is 11.0 Å². The smallest absolute Gasteiger partial charge is 0.225 e. The Morgan fingerprint density at radius 2 is 2.00 bits per heavy atom. The first-order chi connectivity index (χ1) is 11.6. The fourth-order valence-electron chi connectivity index (χ4n) is 2.16. The van der Waals surface area contributed by atoms with Gasteiger partial charge in [-0.15, -0.1) is 16.8 Å². The Hall–Kier alpha value is -2.88. The number of nitrogens with two attached hydrogens (primary N) is 2. The van der Waals surface area contributed by atoms with E-state index in [1.54, 1.807) is 12.3 Å². The number of aryl methyl sites for hydroxylation is 1. The number of hydrogen-bond acceptors (Lipinski definition) is 9. The van der Waals surface area contributed by atoms with E-state index in [2.05, 4.69) is 31.7 Å². The minimum absolute atomic E-state index is 0.0976. The van der Waals surface area contributed by atoms with Crippen LogP contribution in [0.1, 0.15) is 11.6 Å². The molecule has 0 unspecified atom stereocenters. The molecule has 10 heteroatoms. The van der Waals surface area contributed by atoms with Crippen LogP contribution in [0.15, 0.2) is 34.6 Å². The molecule has 0 atom stereocenters. The van der Waals surface area contributed by atoms with Crippen molar-refractivity contribution < 1.29 is 4.42 Å². The van der Waals surface area contributed by atoms with E-state index < -0.39 is 0 Å². The quantitative estimate of drug-likeness (QED) is 0.505. The maximum Gasteiger partial charge on any atom is 0.225 e. The second kappa shape index (κ2) is 6.71. The predicted octanol–water partition coefficient (Wildman–Crippen LogP) is 1.67. The first-order valence-electron chi connectivity index (χ1n) is 7.05. The third-order valence-electron chi connectivity index (χ3n) is 3.17. The van der Waals surface area contributed by atoms with E-state index in [0.29, 0.717) is 23.3 Å². The normalized spacial score (nSPS) is 10.9. The topological polar surface area (TPSA) is 135 Å². The SMILES string of the molecule is C=CCn1c(SCc2nc(N)nc(N)n2)nnc1-c1ccoc1C. The lowest BCUT2D eigenvalue weighted by Gasteiger charge is -2.07. The molecule has 0 amide bonds. The van der Waals surface area contributed by atoms with E-state index in [9.17, 15) is 0 Å². The summed E-state index contributed by atoms with van der Waals surface area (Å²) in [5.74, 6) is 2.62. The molecule has 0 aliphatic carbocycles. The highest BCUT2D eigenvalue weighted by molar-refractivity contribution is 7.98. The molecule has 0 radical (unpaired) electrons. The van der Waals surface area contributed by atoms with Gasteiger partial charge in [0, 0.05) is 6.54 Å². The van der Waals surface area contributed by atoms with Crippen LogP contribution in [-0.4, -0.2) is 29.7 Å². The Morgan fingerprint density at radius 3 is 2.62 bits per heavy atom. The lowest BCUT2D eigenvalue weighted by Crippen LogP contribution is -2.06. The summed E-state index contributed by atoms with van der Waals surface area (Å²) in [5.41, 5.74) is 12.1. The Labute approximate surface area is 142 Å². The maximum absolute atomic E-state index is 5.58. The minimum atomic E-state index is 0.0976. The Balaban J connectivity index is 1.87. The number of anilines is 2. The minimum Gasteiger partial charge on any atom is -0.469 e. The molecule has 0 aliphatic heterocycles. The van der Waals surface area contributed by atoms with Gasteiger partial charge < -0.3 is 15.9 Å². The third kappa shape index (κ3) is 3.23. The molecule has 3 rings (SSSR count). The van der Waals surface area contributed by atoms with Gasteiger partial charge in [-0.3, -0.25) is 4.57 Å². The molecule has 3 heterocycles. The van der Waals surface area contributed by atoms with E-state index in [1.165, 1.54) is 11.8 Å². The van der Waals surface area contributed by atoms with Gasteiger partial charge >= 0.3 is 0 Å². The van der Waals surface area contributed by atoms with Crippen LogP contribution in [0, 0.1) is 6.92 Å². The summed E-state index contributed by atoms with van der Waals surface area (Å²) in [6.45, 7) is 6.23. The van der Waals surface area contributed by atoms with Crippen LogP contribution in [0.5, 0.6) is 0 Å². The van der Waals surface area contributed by atoms with E-state index >= 15 is 0 Å². The molecular formula is C14H16N8OS. The summed E-state index contributed by atoms with van der Waals surface area (Å²) < 4.78 is 7.30. The summed E-state index contributed by atoms with van der Waals surface area (Å²) >= 11 is 1.43. The van der Waals surface area contributed by atoms with Crippen molar-refractivity contribution in [1.29, 1.82) is 0 Å². The van der Waals surface area contributed by atoms with Crippen LogP contribution < -0.4 is 11.5 Å². The summed E-state index contributed by atoms with van der Waals surface area (Å²) in [6, 6.07) is 1.86. The molecule has 0 bridgehead atoms. The number of allylic oxidation sites excluding steroid dienone is 1. The molecule has 9 nitrogen and oxygen atoms in total. The standard InChI is InChI=1S/C14H16N8OS/c1-3-5-22-11(9-4-6-23-8(9)2)20-21-14(22)24-7-10-17-12(15)19-13(16)18-10/h3-4,6H,1,5,7H2,2H3,(H4,15,16,17,18,19). The highest BCUT2D eigenvalue weighted by Gasteiger charge is 2.17. The summed E-state index contributed by atoms with van der Waals surface area (Å²) in [7, 11) is 0. The predicted molar refractivity (Wildman–Crippen MR) is 90.9 cm³/mol. The molecule has 0 fully saturated rings. The molecule has 4 N–H and O–H groups in total. The van der Waals surface area contributed by atoms with Gasteiger partial charge in [-0.25, -0.2) is 0 Å². The zero-order valence-electron chi connectivity index (χ0n) is 13.0. The zero-order valence-corrected chi connectivity index (χ0v) is 13.8. The number of rotatable bonds is 6. The molecule has 3 aromatic heterocycles. The van der Waals surface area contributed by atoms with E-state index in [-0.39, 0.29) is 11.9 Å². The van der Waals surface area contributed by atoms with E-state index in [4.69, 9.17) is 15.9 Å². The van der Waals surface area contributed by atoms with Crippen LogP contribution in [0.25, 0.3) is 11.4 Å². The van der Waals surface area contributed by atoms with E-state index in [1.807, 2.05) is 17.6 Å². The average molecular weight is 344 g/mol. The Kier molecular flexibility index (Phi) is 4.47. The van der Waals surface area contributed by atoms with Gasteiger partial charge in [-0.1, -0.05) is 17.8 Å². The van der Waals surface area contributed by atoms with Crippen molar-refractivity contribution in [3.63, 3.8) is 0 Å². The number of hydrogen-bond donors (Lipinski definition) is 2. The van der Waals surface area contributed by atoms with Gasteiger partial charge in [0.25, 0.3) is 0 Å². The molecule has 0 aromatic carbocycles. The molecule has 124 valence electrons. The van der Waals surface area contributed by atoms with Crippen LogP contribution in [0.3, 0.4) is 0 Å². The van der Waals surface area contributed by atoms with Crippen LogP contribution in [-0.2, 0) is 12.3 Å². The van der Waals surface area contributed by atoms with Crippen molar-refractivity contribution in [1.82, 2.24) is 29.7 Å². The molecule has 0 spiro atoms. The van der Waals surface area contributed by atoms with Crippen molar-refractivity contribution in [2.45, 2.75) is 24.4 Å². The second-order valence-corrected chi connectivity index (χ2v) is 5.80. The van der Waals surface area contributed by atoms with Gasteiger partial charge in [0.1, 0.15) is 11.6 Å². The van der Waals surface area contributed by atoms with Crippen molar-refractivity contribution >= 4 is 23.7 Å². The van der Waals surface area contributed by atoms with Crippen LogP contribution >= 0.6 is 11.8 Å². The van der Waals surface area contributed by atoms with Crippen molar-refractivity contribution in [2.75, 3.05) is 11.5 Å². The number of thioether (sulfide) groups is 1. The number of nitrogens with zero attached hydrogens (tertiary/aromatic N) is 6. The van der Waals surface area contributed by atoms with Gasteiger partial charge in [-0.05, 0) is 13.0 Å². The Bertz CT molecular complexity index is 851. The first-order valence-corrected chi connectivity index (χ1v) is 8.04. The van der Waals surface area contributed by atoms with Gasteiger partial charge in [0.05, 0.1) is 17.6 Å². The lowest BCUT2D eigenvalue weighted by atomic mass is 10.2. The molecule has 3 aromatic rings. The third-order valence-corrected chi connectivity index (χ3v) is 4.14. The van der Waals surface area contributed by atoms with Gasteiger partial charge in [0.2, 0.25) is 11.9 Å².